The molecule has 3 N–H and O–H groups in total. The Hall–Kier alpha value is -4.28. The lowest BCUT2D eigenvalue weighted by Gasteiger charge is -2.29. The second-order valence-electron chi connectivity index (χ2n) is 9.08. The molecular weight excluding hydrogens is 563 g/mol. The van der Waals surface area contributed by atoms with Gasteiger partial charge in [-0.2, -0.15) is 27.1 Å². The number of carbonyl (C=O) groups is 2. The smallest absolute Gasteiger partial charge is 0.453 e. The van der Waals surface area contributed by atoms with Crippen molar-refractivity contribution in [2.75, 3.05) is 18.2 Å². The third-order valence-electron chi connectivity index (χ3n) is 6.69. The molecule has 0 radical (unpaired) electrons. The van der Waals surface area contributed by atoms with Gasteiger partial charge in [0.15, 0.2) is 11.5 Å². The number of alkyl halides is 5. The Labute approximate surface area is 225 Å². The number of hydrogen-bond donors (Lipinski definition) is 2. The fourth-order valence-corrected chi connectivity index (χ4v) is 5.25. The SMILES string of the molecule is COC(=O)C(c1cscn1)C1(C)C(=O)Nc2nc(-c3nn(CCC(F)(F)C(F)(F)F)c4ncccc34)nc(N)c21. The summed E-state index contributed by atoms with van der Waals surface area (Å²) in [6.45, 7) is 0.660. The van der Waals surface area contributed by atoms with Crippen molar-refractivity contribution >= 4 is 45.9 Å². The molecule has 5 heterocycles. The topological polar surface area (TPSA) is 151 Å². The van der Waals surface area contributed by atoms with Crippen molar-refractivity contribution in [1.29, 1.82) is 0 Å². The van der Waals surface area contributed by atoms with Gasteiger partial charge in [-0.3, -0.25) is 9.59 Å². The molecule has 0 aromatic carbocycles. The number of nitrogens with zero attached hydrogens (tertiary/aromatic N) is 6. The molecule has 0 saturated carbocycles. The monoisotopic (exact) mass is 582 g/mol. The first-order valence-electron chi connectivity index (χ1n) is 11.5. The normalized spacial score (nSPS) is 18.0. The number of thiazole rings is 1. The van der Waals surface area contributed by atoms with Crippen molar-refractivity contribution in [1.82, 2.24) is 29.7 Å². The molecule has 2 unspecified atom stereocenters. The zero-order valence-electron chi connectivity index (χ0n) is 20.7. The van der Waals surface area contributed by atoms with E-state index < -0.39 is 48.3 Å². The Balaban J connectivity index is 1.59. The van der Waals surface area contributed by atoms with Gasteiger partial charge >= 0.3 is 18.1 Å². The standard InChI is InChI=1S/C23H19F5N8O3S/c1-21(12(19(37)39-2)11-8-40-9-31-11)13-15(29)32-17(33-16(13)34-20(21)38)14-10-4-3-6-30-18(10)36(35-14)7-5-22(24,25)23(26,27)28/h3-4,6,8-9,12H,5,7H2,1-2H3,(H3,29,32,33,34,38). The van der Waals surface area contributed by atoms with Crippen LogP contribution >= 0.6 is 11.3 Å². The summed E-state index contributed by atoms with van der Waals surface area (Å²) in [7, 11) is 1.17. The predicted molar refractivity (Wildman–Crippen MR) is 131 cm³/mol. The van der Waals surface area contributed by atoms with E-state index in [-0.39, 0.29) is 45.4 Å². The Morgan fingerprint density at radius 3 is 2.65 bits per heavy atom. The van der Waals surface area contributed by atoms with E-state index in [1.165, 1.54) is 49.2 Å². The molecule has 4 aromatic heterocycles. The lowest BCUT2D eigenvalue weighted by Crippen LogP contribution is -2.42. The van der Waals surface area contributed by atoms with Crippen molar-refractivity contribution in [3.63, 3.8) is 0 Å². The highest BCUT2D eigenvalue weighted by molar-refractivity contribution is 7.07. The zero-order valence-corrected chi connectivity index (χ0v) is 21.5. The Morgan fingerprint density at radius 2 is 2.00 bits per heavy atom. The average Bonchev–Trinajstić information content (AvgIpc) is 3.60. The van der Waals surface area contributed by atoms with Crippen LogP contribution in [-0.2, 0) is 26.3 Å². The average molecular weight is 583 g/mol. The first-order valence-corrected chi connectivity index (χ1v) is 12.5. The van der Waals surface area contributed by atoms with Crippen molar-refractivity contribution in [3.8, 4) is 11.5 Å². The number of ether oxygens (including phenoxy) is 1. The third-order valence-corrected chi connectivity index (χ3v) is 7.30. The highest BCUT2D eigenvalue weighted by atomic mass is 32.1. The molecule has 5 rings (SSSR count). The van der Waals surface area contributed by atoms with E-state index in [0.717, 1.165) is 4.68 Å². The molecule has 0 bridgehead atoms. The summed E-state index contributed by atoms with van der Waals surface area (Å²) < 4.78 is 71.2. The Kier molecular flexibility index (Phi) is 6.43. The summed E-state index contributed by atoms with van der Waals surface area (Å²) in [6.07, 6.45) is -5.98. The number of aryl methyl sites for hydroxylation is 1. The number of anilines is 2. The first-order chi connectivity index (χ1) is 18.8. The van der Waals surface area contributed by atoms with Gasteiger partial charge in [0.2, 0.25) is 5.91 Å². The number of nitrogen functional groups attached to an aromatic ring is 1. The van der Waals surface area contributed by atoms with E-state index in [2.05, 4.69) is 30.4 Å². The number of halogens is 5. The highest BCUT2D eigenvalue weighted by Crippen LogP contribution is 2.49. The number of aromatic nitrogens is 6. The summed E-state index contributed by atoms with van der Waals surface area (Å²) in [6, 6.07) is 3.01. The van der Waals surface area contributed by atoms with Crippen LogP contribution in [0.5, 0.6) is 0 Å². The molecule has 0 saturated heterocycles. The van der Waals surface area contributed by atoms with Crippen molar-refractivity contribution in [2.24, 2.45) is 0 Å². The predicted octanol–water partition coefficient (Wildman–Crippen LogP) is 3.68. The van der Waals surface area contributed by atoms with Gasteiger partial charge < -0.3 is 15.8 Å². The van der Waals surface area contributed by atoms with Crippen LogP contribution in [-0.4, -0.2) is 60.8 Å². The van der Waals surface area contributed by atoms with E-state index in [0.29, 0.717) is 0 Å². The van der Waals surface area contributed by atoms with Gasteiger partial charge in [0.25, 0.3) is 0 Å². The maximum atomic E-state index is 13.6. The second-order valence-corrected chi connectivity index (χ2v) is 9.80. The van der Waals surface area contributed by atoms with Crippen molar-refractivity contribution < 1.29 is 36.3 Å². The van der Waals surface area contributed by atoms with Crippen LogP contribution in [0.1, 0.15) is 30.5 Å². The fraction of sp³-hybridized carbons (Fsp3) is 0.348. The molecule has 4 aromatic rings. The summed E-state index contributed by atoms with van der Waals surface area (Å²) in [5.41, 5.74) is 6.56. The second kappa shape index (κ2) is 9.42. The molecule has 1 aliphatic rings. The van der Waals surface area contributed by atoms with E-state index in [1.54, 1.807) is 5.38 Å². The minimum atomic E-state index is -5.73. The van der Waals surface area contributed by atoms with Crippen LogP contribution in [0.3, 0.4) is 0 Å². The van der Waals surface area contributed by atoms with Crippen LogP contribution in [0.2, 0.25) is 0 Å². The number of esters is 1. The summed E-state index contributed by atoms with van der Waals surface area (Å²) in [5.74, 6) is -7.89. The minimum Gasteiger partial charge on any atom is -0.468 e. The number of fused-ring (bicyclic) bond motifs is 2. The van der Waals surface area contributed by atoms with Gasteiger partial charge in [0.05, 0.1) is 34.7 Å². The number of methoxy groups -OCH3 is 1. The molecular formula is C23H19F5N8O3S. The van der Waals surface area contributed by atoms with Crippen LogP contribution in [0, 0.1) is 0 Å². The highest BCUT2D eigenvalue weighted by Gasteiger charge is 2.57. The molecule has 11 nitrogen and oxygen atoms in total. The number of carbonyl (C=O) groups excluding carboxylic acids is 2. The van der Waals surface area contributed by atoms with Gasteiger partial charge in [-0.25, -0.2) is 24.6 Å². The maximum Gasteiger partial charge on any atom is 0.453 e. The van der Waals surface area contributed by atoms with Crippen LogP contribution in [0.15, 0.2) is 29.2 Å². The number of amides is 1. The third kappa shape index (κ3) is 4.20. The Morgan fingerprint density at radius 1 is 1.25 bits per heavy atom. The molecule has 210 valence electrons. The number of pyridine rings is 1. The van der Waals surface area contributed by atoms with Gasteiger partial charge in [-0.05, 0) is 19.1 Å². The van der Waals surface area contributed by atoms with Gasteiger partial charge in [0, 0.05) is 24.5 Å². The van der Waals surface area contributed by atoms with E-state index >= 15 is 0 Å². The molecule has 0 spiro atoms. The van der Waals surface area contributed by atoms with Crippen LogP contribution in [0.25, 0.3) is 22.6 Å². The molecule has 2 atom stereocenters. The quantitative estimate of drug-likeness (QED) is 0.246. The van der Waals surface area contributed by atoms with Crippen LogP contribution in [0.4, 0.5) is 33.6 Å². The summed E-state index contributed by atoms with van der Waals surface area (Å²) in [4.78, 5) is 43.0. The molecule has 40 heavy (non-hydrogen) atoms. The molecule has 0 aliphatic carbocycles. The van der Waals surface area contributed by atoms with Crippen molar-refractivity contribution in [3.05, 3.63) is 40.5 Å². The van der Waals surface area contributed by atoms with Gasteiger partial charge in [-0.1, -0.05) is 0 Å². The van der Waals surface area contributed by atoms with Crippen molar-refractivity contribution in [2.45, 2.75) is 43.3 Å². The number of rotatable bonds is 7. The largest absolute Gasteiger partial charge is 0.468 e. The van der Waals surface area contributed by atoms with E-state index in [1.807, 2.05) is 0 Å². The lowest BCUT2D eigenvalue weighted by molar-refractivity contribution is -0.285. The first kappa shape index (κ1) is 27.3. The molecule has 0 fully saturated rings. The summed E-state index contributed by atoms with van der Waals surface area (Å²) in [5, 5.41) is 8.61. The molecule has 1 aliphatic heterocycles. The summed E-state index contributed by atoms with van der Waals surface area (Å²) >= 11 is 1.21. The molecule has 1 amide bonds. The van der Waals surface area contributed by atoms with Crippen LogP contribution < -0.4 is 11.1 Å². The Bertz CT molecular complexity index is 1620. The lowest BCUT2D eigenvalue weighted by atomic mass is 9.71. The van der Waals surface area contributed by atoms with Gasteiger partial charge in [-0.15, -0.1) is 11.3 Å². The van der Waals surface area contributed by atoms with E-state index in [4.69, 9.17) is 10.5 Å². The number of nitrogens with one attached hydrogen (secondary N) is 1. The van der Waals surface area contributed by atoms with E-state index in [9.17, 15) is 31.5 Å². The minimum absolute atomic E-state index is 0.0141. The van der Waals surface area contributed by atoms with Gasteiger partial charge in [0.1, 0.15) is 23.2 Å². The fourth-order valence-electron chi connectivity index (χ4n) is 4.67. The molecule has 17 heteroatoms. The number of hydrogen-bond acceptors (Lipinski definition) is 10. The zero-order chi connectivity index (χ0) is 29.0. The maximum absolute atomic E-state index is 13.6. The number of nitrogens with two attached hydrogens (primary N) is 1.